The molecule has 0 aliphatic carbocycles. The quantitative estimate of drug-likeness (QED) is 0.721. The van der Waals surface area contributed by atoms with E-state index in [1.807, 2.05) is 74.5 Å². The van der Waals surface area contributed by atoms with Gasteiger partial charge in [-0.3, -0.25) is 4.79 Å². The lowest BCUT2D eigenvalue weighted by atomic mass is 10.1. The number of carbonyl (C=O) groups excluding carboxylic acids is 1. The third-order valence-corrected chi connectivity index (χ3v) is 3.81. The van der Waals surface area contributed by atoms with E-state index in [0.29, 0.717) is 5.56 Å². The molecule has 0 fully saturated rings. The monoisotopic (exact) mass is 275 g/mol. The van der Waals surface area contributed by atoms with Gasteiger partial charge < -0.3 is 5.32 Å². The van der Waals surface area contributed by atoms with E-state index in [0.717, 1.165) is 22.0 Å². The Bertz CT molecular complexity index is 815. The van der Waals surface area contributed by atoms with Crippen LogP contribution in [0.2, 0.25) is 0 Å². The van der Waals surface area contributed by atoms with Gasteiger partial charge in [0.15, 0.2) is 0 Å². The number of aryl methyl sites for hydroxylation is 2. The van der Waals surface area contributed by atoms with E-state index in [9.17, 15) is 4.79 Å². The average molecular weight is 275 g/mol. The number of carbonyl (C=O) groups is 1. The van der Waals surface area contributed by atoms with Crippen molar-refractivity contribution >= 4 is 22.4 Å². The predicted octanol–water partition coefficient (Wildman–Crippen LogP) is 4.71. The van der Waals surface area contributed by atoms with Gasteiger partial charge in [-0.05, 0) is 48.6 Å². The molecular weight excluding hydrogens is 258 g/mol. The summed E-state index contributed by atoms with van der Waals surface area (Å²) in [6, 6.07) is 19.7. The van der Waals surface area contributed by atoms with Crippen molar-refractivity contribution in [3.8, 4) is 0 Å². The van der Waals surface area contributed by atoms with Crippen molar-refractivity contribution in [2.45, 2.75) is 13.8 Å². The van der Waals surface area contributed by atoms with Gasteiger partial charge >= 0.3 is 0 Å². The second-order valence-corrected chi connectivity index (χ2v) is 5.28. The fraction of sp³-hybridized carbons (Fsp3) is 0.105. The van der Waals surface area contributed by atoms with Crippen LogP contribution in [-0.4, -0.2) is 5.91 Å². The maximum atomic E-state index is 12.4. The summed E-state index contributed by atoms with van der Waals surface area (Å²) in [5.74, 6) is -0.0746. The van der Waals surface area contributed by atoms with E-state index < -0.39 is 0 Å². The summed E-state index contributed by atoms with van der Waals surface area (Å²) in [6.45, 7) is 4.06. The minimum atomic E-state index is -0.0746. The normalized spacial score (nSPS) is 10.6. The first-order chi connectivity index (χ1) is 10.1. The highest BCUT2D eigenvalue weighted by Gasteiger charge is 2.09. The molecule has 0 aliphatic heterocycles. The summed E-state index contributed by atoms with van der Waals surface area (Å²) >= 11 is 0. The Morgan fingerprint density at radius 1 is 0.857 bits per heavy atom. The lowest BCUT2D eigenvalue weighted by Gasteiger charge is -2.10. The highest BCUT2D eigenvalue weighted by molar-refractivity contribution is 6.09. The standard InChI is InChI=1S/C19H17NO/c1-13-10-11-16(12-14(13)2)19(21)20-18-9-5-7-15-6-3-4-8-17(15)18/h3-12H,1-2H3,(H,20,21). The van der Waals surface area contributed by atoms with Gasteiger partial charge in [0, 0.05) is 16.6 Å². The number of hydrogen-bond acceptors (Lipinski definition) is 1. The van der Waals surface area contributed by atoms with Crippen molar-refractivity contribution in [1.29, 1.82) is 0 Å². The molecule has 21 heavy (non-hydrogen) atoms. The average Bonchev–Trinajstić information content (AvgIpc) is 2.50. The highest BCUT2D eigenvalue weighted by atomic mass is 16.1. The maximum absolute atomic E-state index is 12.4. The number of benzene rings is 3. The summed E-state index contributed by atoms with van der Waals surface area (Å²) in [6.07, 6.45) is 0. The highest BCUT2D eigenvalue weighted by Crippen LogP contribution is 2.23. The van der Waals surface area contributed by atoms with Gasteiger partial charge in [-0.25, -0.2) is 0 Å². The van der Waals surface area contributed by atoms with Crippen molar-refractivity contribution < 1.29 is 4.79 Å². The van der Waals surface area contributed by atoms with Gasteiger partial charge in [0.25, 0.3) is 5.91 Å². The summed E-state index contributed by atoms with van der Waals surface area (Å²) in [5, 5.41) is 5.18. The molecule has 0 aliphatic rings. The molecular formula is C19H17NO. The lowest BCUT2D eigenvalue weighted by molar-refractivity contribution is 0.102. The van der Waals surface area contributed by atoms with E-state index in [4.69, 9.17) is 0 Å². The van der Waals surface area contributed by atoms with Crippen LogP contribution in [0.1, 0.15) is 21.5 Å². The van der Waals surface area contributed by atoms with E-state index in [1.54, 1.807) is 0 Å². The molecule has 3 rings (SSSR count). The van der Waals surface area contributed by atoms with Gasteiger partial charge in [-0.2, -0.15) is 0 Å². The molecule has 0 saturated carbocycles. The van der Waals surface area contributed by atoms with Gasteiger partial charge in [0.2, 0.25) is 0 Å². The van der Waals surface area contributed by atoms with Crippen molar-refractivity contribution in [3.05, 3.63) is 77.4 Å². The molecule has 3 aromatic carbocycles. The molecule has 104 valence electrons. The smallest absolute Gasteiger partial charge is 0.255 e. The molecule has 0 atom stereocenters. The third kappa shape index (κ3) is 2.65. The largest absolute Gasteiger partial charge is 0.321 e. The summed E-state index contributed by atoms with van der Waals surface area (Å²) in [4.78, 5) is 12.4. The molecule has 0 bridgehead atoms. The van der Waals surface area contributed by atoms with Crippen LogP contribution in [0, 0.1) is 13.8 Å². The van der Waals surface area contributed by atoms with E-state index >= 15 is 0 Å². The first kappa shape index (κ1) is 13.4. The number of nitrogens with one attached hydrogen (secondary N) is 1. The zero-order valence-electron chi connectivity index (χ0n) is 12.2. The minimum absolute atomic E-state index is 0.0746. The fourth-order valence-electron chi connectivity index (χ4n) is 2.41. The Labute approximate surface area is 124 Å². The Morgan fingerprint density at radius 2 is 1.62 bits per heavy atom. The van der Waals surface area contributed by atoms with Crippen molar-refractivity contribution in [3.63, 3.8) is 0 Å². The predicted molar refractivity (Wildman–Crippen MR) is 87.8 cm³/mol. The minimum Gasteiger partial charge on any atom is -0.321 e. The number of hydrogen-bond donors (Lipinski definition) is 1. The first-order valence-corrected chi connectivity index (χ1v) is 7.01. The number of fused-ring (bicyclic) bond motifs is 1. The molecule has 0 saturated heterocycles. The van der Waals surface area contributed by atoms with E-state index in [2.05, 4.69) is 5.32 Å². The van der Waals surface area contributed by atoms with Gasteiger partial charge in [0.1, 0.15) is 0 Å². The molecule has 0 radical (unpaired) electrons. The van der Waals surface area contributed by atoms with Gasteiger partial charge in [-0.15, -0.1) is 0 Å². The molecule has 0 spiro atoms. The maximum Gasteiger partial charge on any atom is 0.255 e. The van der Waals surface area contributed by atoms with Crippen LogP contribution in [-0.2, 0) is 0 Å². The first-order valence-electron chi connectivity index (χ1n) is 7.01. The second kappa shape index (κ2) is 5.41. The second-order valence-electron chi connectivity index (χ2n) is 5.28. The molecule has 0 aromatic heterocycles. The van der Waals surface area contributed by atoms with Crippen LogP contribution in [0.25, 0.3) is 10.8 Å². The Morgan fingerprint density at radius 3 is 2.43 bits per heavy atom. The molecule has 1 N–H and O–H groups in total. The molecule has 3 aromatic rings. The lowest BCUT2D eigenvalue weighted by Crippen LogP contribution is -2.12. The van der Waals surface area contributed by atoms with Crippen LogP contribution in [0.3, 0.4) is 0 Å². The Kier molecular flexibility index (Phi) is 3.44. The van der Waals surface area contributed by atoms with Crippen LogP contribution in [0.5, 0.6) is 0 Å². The molecule has 2 nitrogen and oxygen atoms in total. The van der Waals surface area contributed by atoms with Crippen molar-refractivity contribution in [2.24, 2.45) is 0 Å². The van der Waals surface area contributed by atoms with Crippen LogP contribution >= 0.6 is 0 Å². The Hall–Kier alpha value is -2.61. The van der Waals surface area contributed by atoms with Gasteiger partial charge in [0.05, 0.1) is 0 Å². The molecule has 1 amide bonds. The zero-order valence-corrected chi connectivity index (χ0v) is 12.2. The van der Waals surface area contributed by atoms with Gasteiger partial charge in [-0.1, -0.05) is 42.5 Å². The fourth-order valence-corrected chi connectivity index (χ4v) is 2.41. The number of anilines is 1. The van der Waals surface area contributed by atoms with Crippen molar-refractivity contribution in [1.82, 2.24) is 0 Å². The van der Waals surface area contributed by atoms with Crippen LogP contribution < -0.4 is 5.32 Å². The summed E-state index contributed by atoms with van der Waals surface area (Å²) in [7, 11) is 0. The summed E-state index contributed by atoms with van der Waals surface area (Å²) < 4.78 is 0. The zero-order chi connectivity index (χ0) is 14.8. The van der Waals surface area contributed by atoms with Crippen LogP contribution in [0.15, 0.2) is 60.7 Å². The van der Waals surface area contributed by atoms with E-state index in [1.165, 1.54) is 5.56 Å². The molecule has 0 heterocycles. The molecule has 2 heteroatoms. The topological polar surface area (TPSA) is 29.1 Å². The number of rotatable bonds is 2. The Balaban J connectivity index is 1.94. The number of amides is 1. The third-order valence-electron chi connectivity index (χ3n) is 3.81. The molecule has 0 unspecified atom stereocenters. The SMILES string of the molecule is Cc1ccc(C(=O)Nc2cccc3ccccc23)cc1C. The van der Waals surface area contributed by atoms with E-state index in [-0.39, 0.29) is 5.91 Å². The van der Waals surface area contributed by atoms with Crippen molar-refractivity contribution in [2.75, 3.05) is 5.32 Å². The summed E-state index contributed by atoms with van der Waals surface area (Å²) in [5.41, 5.74) is 3.85. The van der Waals surface area contributed by atoms with Crippen LogP contribution in [0.4, 0.5) is 5.69 Å².